The second-order valence-corrected chi connectivity index (χ2v) is 4.25. The molecule has 2 heteroatoms. The molecule has 0 radical (unpaired) electrons. The Hall–Kier alpha value is -1.54. The standard InChI is InChI=1S/C15H19NO/c1-17-14-9-8-13-7-4-6-12(15(13)11-14)5-2-3-10-16/h4,6-9,11H,2-3,5,10,16H2,1H3. The third-order valence-corrected chi connectivity index (χ3v) is 3.08. The van der Waals surface area contributed by atoms with Crippen molar-refractivity contribution in [2.75, 3.05) is 13.7 Å². The summed E-state index contributed by atoms with van der Waals surface area (Å²) in [5, 5.41) is 2.57. The van der Waals surface area contributed by atoms with Gasteiger partial charge in [0.15, 0.2) is 0 Å². The predicted molar refractivity (Wildman–Crippen MR) is 72.5 cm³/mol. The Bertz CT molecular complexity index is 493. The zero-order valence-electron chi connectivity index (χ0n) is 10.3. The van der Waals surface area contributed by atoms with Crippen LogP contribution in [0.3, 0.4) is 0 Å². The van der Waals surface area contributed by atoms with E-state index in [0.29, 0.717) is 0 Å². The normalized spacial score (nSPS) is 10.7. The molecule has 90 valence electrons. The van der Waals surface area contributed by atoms with Gasteiger partial charge >= 0.3 is 0 Å². The molecule has 0 aromatic heterocycles. The molecule has 2 aromatic carbocycles. The summed E-state index contributed by atoms with van der Waals surface area (Å²) in [6.07, 6.45) is 3.31. The van der Waals surface area contributed by atoms with Crippen LogP contribution in [0.25, 0.3) is 10.8 Å². The van der Waals surface area contributed by atoms with Gasteiger partial charge in [0, 0.05) is 0 Å². The van der Waals surface area contributed by atoms with Gasteiger partial charge in [0.05, 0.1) is 7.11 Å². The number of hydrogen-bond donors (Lipinski definition) is 1. The number of aryl methyl sites for hydroxylation is 1. The second-order valence-electron chi connectivity index (χ2n) is 4.25. The van der Waals surface area contributed by atoms with Crippen LogP contribution >= 0.6 is 0 Å². The summed E-state index contributed by atoms with van der Waals surface area (Å²) in [6.45, 7) is 0.772. The van der Waals surface area contributed by atoms with Crippen molar-refractivity contribution < 1.29 is 4.74 Å². The minimum Gasteiger partial charge on any atom is -0.497 e. The molecule has 0 aliphatic rings. The fourth-order valence-electron chi connectivity index (χ4n) is 2.12. The van der Waals surface area contributed by atoms with E-state index < -0.39 is 0 Å². The Kier molecular flexibility index (Phi) is 3.99. The van der Waals surface area contributed by atoms with Crippen molar-refractivity contribution in [3.8, 4) is 5.75 Å². The highest BCUT2D eigenvalue weighted by molar-refractivity contribution is 5.87. The third-order valence-electron chi connectivity index (χ3n) is 3.08. The molecule has 17 heavy (non-hydrogen) atoms. The molecule has 2 nitrogen and oxygen atoms in total. The lowest BCUT2D eigenvalue weighted by molar-refractivity contribution is 0.415. The first-order valence-electron chi connectivity index (χ1n) is 6.11. The minimum atomic E-state index is 0.772. The smallest absolute Gasteiger partial charge is 0.119 e. The molecule has 2 N–H and O–H groups in total. The summed E-state index contributed by atoms with van der Waals surface area (Å²) in [4.78, 5) is 0. The molecule has 0 fully saturated rings. The number of unbranched alkanes of at least 4 members (excludes halogenated alkanes) is 1. The molecule has 0 saturated carbocycles. The summed E-state index contributed by atoms with van der Waals surface area (Å²) in [6, 6.07) is 12.7. The van der Waals surface area contributed by atoms with Crippen molar-refractivity contribution in [3.63, 3.8) is 0 Å². The molecular formula is C15H19NO. The van der Waals surface area contributed by atoms with E-state index in [4.69, 9.17) is 10.5 Å². The maximum Gasteiger partial charge on any atom is 0.119 e. The molecule has 0 aliphatic carbocycles. The van der Waals surface area contributed by atoms with Crippen LogP contribution in [0, 0.1) is 0 Å². The van der Waals surface area contributed by atoms with E-state index in [0.717, 1.165) is 31.6 Å². The van der Waals surface area contributed by atoms with Crippen molar-refractivity contribution in [2.24, 2.45) is 5.73 Å². The zero-order chi connectivity index (χ0) is 12.1. The van der Waals surface area contributed by atoms with Crippen LogP contribution in [0.1, 0.15) is 18.4 Å². The Balaban J connectivity index is 2.33. The molecule has 0 spiro atoms. The van der Waals surface area contributed by atoms with Crippen molar-refractivity contribution in [2.45, 2.75) is 19.3 Å². The van der Waals surface area contributed by atoms with Crippen molar-refractivity contribution in [3.05, 3.63) is 42.0 Å². The van der Waals surface area contributed by atoms with E-state index in [1.807, 2.05) is 6.07 Å². The lowest BCUT2D eigenvalue weighted by Crippen LogP contribution is -1.99. The van der Waals surface area contributed by atoms with Crippen LogP contribution in [-0.4, -0.2) is 13.7 Å². The van der Waals surface area contributed by atoms with Crippen LogP contribution in [0.15, 0.2) is 36.4 Å². The Labute approximate surface area is 102 Å². The van der Waals surface area contributed by atoms with E-state index in [1.54, 1.807) is 7.11 Å². The molecule has 0 bridgehead atoms. The number of hydrogen-bond acceptors (Lipinski definition) is 2. The Morgan fingerprint density at radius 2 is 2.00 bits per heavy atom. The van der Waals surface area contributed by atoms with Crippen molar-refractivity contribution >= 4 is 10.8 Å². The highest BCUT2D eigenvalue weighted by Crippen LogP contribution is 2.25. The van der Waals surface area contributed by atoms with Gasteiger partial charge in [-0.25, -0.2) is 0 Å². The van der Waals surface area contributed by atoms with Gasteiger partial charge in [-0.1, -0.05) is 24.3 Å². The highest BCUT2D eigenvalue weighted by atomic mass is 16.5. The molecule has 0 aliphatic heterocycles. The average molecular weight is 229 g/mol. The van der Waals surface area contributed by atoms with Crippen molar-refractivity contribution in [1.82, 2.24) is 0 Å². The molecule has 2 rings (SSSR count). The van der Waals surface area contributed by atoms with Gasteiger partial charge in [-0.15, -0.1) is 0 Å². The summed E-state index contributed by atoms with van der Waals surface area (Å²) >= 11 is 0. The second kappa shape index (κ2) is 5.69. The lowest BCUT2D eigenvalue weighted by atomic mass is 10.00. The Morgan fingerprint density at radius 3 is 2.76 bits per heavy atom. The van der Waals surface area contributed by atoms with Crippen molar-refractivity contribution in [1.29, 1.82) is 0 Å². The fraction of sp³-hybridized carbons (Fsp3) is 0.333. The van der Waals surface area contributed by atoms with E-state index >= 15 is 0 Å². The number of nitrogens with two attached hydrogens (primary N) is 1. The largest absolute Gasteiger partial charge is 0.497 e. The van der Waals surface area contributed by atoms with E-state index in [9.17, 15) is 0 Å². The van der Waals surface area contributed by atoms with Crippen LogP contribution in [0.2, 0.25) is 0 Å². The lowest BCUT2D eigenvalue weighted by Gasteiger charge is -2.08. The maximum absolute atomic E-state index is 5.53. The number of fused-ring (bicyclic) bond motifs is 1. The van der Waals surface area contributed by atoms with Crippen LogP contribution in [0.5, 0.6) is 5.75 Å². The predicted octanol–water partition coefficient (Wildman–Crippen LogP) is 3.13. The van der Waals surface area contributed by atoms with E-state index in [-0.39, 0.29) is 0 Å². The Morgan fingerprint density at radius 1 is 1.12 bits per heavy atom. The number of rotatable bonds is 5. The molecule has 0 atom stereocenters. The monoisotopic (exact) mass is 229 g/mol. The van der Waals surface area contributed by atoms with Gasteiger partial charge < -0.3 is 10.5 Å². The first-order chi connectivity index (χ1) is 8.35. The SMILES string of the molecule is COc1ccc2cccc(CCCCN)c2c1. The zero-order valence-corrected chi connectivity index (χ0v) is 10.3. The van der Waals surface area contributed by atoms with Gasteiger partial charge in [-0.3, -0.25) is 0 Å². The van der Waals surface area contributed by atoms with E-state index in [1.165, 1.54) is 16.3 Å². The average Bonchev–Trinajstić information content (AvgIpc) is 2.39. The minimum absolute atomic E-state index is 0.772. The first-order valence-corrected chi connectivity index (χ1v) is 6.11. The quantitative estimate of drug-likeness (QED) is 0.799. The summed E-state index contributed by atoms with van der Waals surface area (Å²) in [5.41, 5.74) is 6.92. The summed E-state index contributed by atoms with van der Waals surface area (Å²) in [5.74, 6) is 0.920. The van der Waals surface area contributed by atoms with Gasteiger partial charge in [-0.05, 0) is 54.3 Å². The van der Waals surface area contributed by atoms with Crippen LogP contribution < -0.4 is 10.5 Å². The van der Waals surface area contributed by atoms with E-state index in [2.05, 4.69) is 30.3 Å². The van der Waals surface area contributed by atoms with Gasteiger partial charge in [-0.2, -0.15) is 0 Å². The topological polar surface area (TPSA) is 35.2 Å². The van der Waals surface area contributed by atoms with Crippen LogP contribution in [-0.2, 0) is 6.42 Å². The maximum atomic E-state index is 5.53. The number of methoxy groups -OCH3 is 1. The number of benzene rings is 2. The fourth-order valence-corrected chi connectivity index (χ4v) is 2.12. The molecule has 0 amide bonds. The van der Waals surface area contributed by atoms with Gasteiger partial charge in [0.1, 0.15) is 5.75 Å². The third kappa shape index (κ3) is 2.77. The molecule has 0 unspecified atom stereocenters. The molecule has 0 saturated heterocycles. The van der Waals surface area contributed by atoms with Gasteiger partial charge in [0.25, 0.3) is 0 Å². The summed E-state index contributed by atoms with van der Waals surface area (Å²) in [7, 11) is 1.71. The number of ether oxygens (including phenoxy) is 1. The molecular weight excluding hydrogens is 210 g/mol. The molecule has 2 aromatic rings. The van der Waals surface area contributed by atoms with Gasteiger partial charge in [0.2, 0.25) is 0 Å². The highest BCUT2D eigenvalue weighted by Gasteiger charge is 2.02. The van der Waals surface area contributed by atoms with Crippen LogP contribution in [0.4, 0.5) is 0 Å². The first kappa shape index (κ1) is 11.9. The summed E-state index contributed by atoms with van der Waals surface area (Å²) < 4.78 is 5.28. The molecule has 0 heterocycles.